The molecule has 0 bridgehead atoms. The second-order valence-electron chi connectivity index (χ2n) is 6.63. The molecule has 0 amide bonds. The molecule has 0 aliphatic rings. The minimum absolute atomic E-state index is 0.0206. The lowest BCUT2D eigenvalue weighted by Gasteiger charge is -2.18. The third kappa shape index (κ3) is 4.44. The van der Waals surface area contributed by atoms with E-state index in [1.807, 2.05) is 0 Å². The number of benzene rings is 1. The highest BCUT2D eigenvalue weighted by Gasteiger charge is 2.33. The summed E-state index contributed by atoms with van der Waals surface area (Å²) in [5.41, 5.74) is -3.41. The van der Waals surface area contributed by atoms with Gasteiger partial charge in [0.15, 0.2) is 0 Å². The summed E-state index contributed by atoms with van der Waals surface area (Å²) in [5, 5.41) is 23.2. The summed E-state index contributed by atoms with van der Waals surface area (Å²) in [7, 11) is 0. The number of halogens is 3. The van der Waals surface area contributed by atoms with Gasteiger partial charge in [0.05, 0.1) is 21.9 Å². The molecule has 2 heterocycles. The van der Waals surface area contributed by atoms with E-state index in [9.17, 15) is 32.9 Å². The summed E-state index contributed by atoms with van der Waals surface area (Å²) in [6, 6.07) is 2.34. The van der Waals surface area contributed by atoms with Crippen molar-refractivity contribution in [2.45, 2.75) is 26.1 Å². The summed E-state index contributed by atoms with van der Waals surface area (Å²) >= 11 is 0. The van der Waals surface area contributed by atoms with Gasteiger partial charge in [-0.05, 0) is 31.5 Å². The fraction of sp³-hybridized carbons (Fsp3) is 0.222. The van der Waals surface area contributed by atoms with Crippen LogP contribution in [0.2, 0.25) is 0 Å². The number of hydrogen-bond donors (Lipinski definition) is 3. The number of carbonyl (C=O) groups is 1. The first-order valence-electron chi connectivity index (χ1n) is 8.65. The van der Waals surface area contributed by atoms with Crippen molar-refractivity contribution in [3.63, 3.8) is 0 Å². The van der Waals surface area contributed by atoms with Gasteiger partial charge in [-0.25, -0.2) is 14.8 Å². The predicted octanol–water partition coefficient (Wildman–Crippen LogP) is 3.42. The van der Waals surface area contributed by atoms with Crippen LogP contribution in [0, 0.1) is 17.0 Å². The van der Waals surface area contributed by atoms with Crippen LogP contribution >= 0.6 is 0 Å². The molecule has 13 heteroatoms. The van der Waals surface area contributed by atoms with E-state index in [1.165, 1.54) is 13.8 Å². The second kappa shape index (κ2) is 7.66. The maximum absolute atomic E-state index is 13.2. The maximum atomic E-state index is 13.2. The number of carboxylic acid groups (broad SMARTS) is 1. The van der Waals surface area contributed by atoms with Crippen LogP contribution in [0.5, 0.6) is 0 Å². The highest BCUT2D eigenvalue weighted by atomic mass is 19.4. The summed E-state index contributed by atoms with van der Waals surface area (Å²) in [5.74, 6) is -1.26. The first kappa shape index (κ1) is 21.7. The molecule has 0 fully saturated rings. The number of nitro benzene ring substituents is 1. The Labute approximate surface area is 170 Å². The average molecular weight is 437 g/mol. The predicted molar refractivity (Wildman–Crippen MR) is 102 cm³/mol. The molecule has 0 radical (unpaired) electrons. The Bertz CT molecular complexity index is 1270. The third-order valence-corrected chi connectivity index (χ3v) is 4.38. The molecular weight excluding hydrogens is 423 g/mol. The number of nitrogens with zero attached hydrogens (tertiary/aromatic N) is 3. The fourth-order valence-corrected chi connectivity index (χ4v) is 2.91. The molecule has 0 spiro atoms. The molecule has 3 N–H and O–H groups in total. The van der Waals surface area contributed by atoms with Gasteiger partial charge < -0.3 is 15.4 Å². The normalized spacial score (nSPS) is 12.5. The Balaban J connectivity index is 2.11. The Morgan fingerprint density at radius 2 is 1.94 bits per heavy atom. The lowest BCUT2D eigenvalue weighted by Crippen LogP contribution is -2.19. The molecule has 0 saturated heterocycles. The number of aromatic amines is 1. The Morgan fingerprint density at radius 3 is 2.52 bits per heavy atom. The molecule has 0 aliphatic heterocycles. The van der Waals surface area contributed by atoms with Gasteiger partial charge in [0, 0.05) is 12.1 Å². The van der Waals surface area contributed by atoms with Crippen LogP contribution in [-0.2, 0) is 6.18 Å². The van der Waals surface area contributed by atoms with Crippen LogP contribution in [0.15, 0.2) is 29.1 Å². The number of pyridine rings is 1. The number of nitro groups is 1. The zero-order valence-electron chi connectivity index (χ0n) is 15.9. The number of hydrogen-bond acceptors (Lipinski definition) is 7. The molecule has 1 aromatic carbocycles. The third-order valence-electron chi connectivity index (χ3n) is 4.38. The minimum atomic E-state index is -4.80. The first-order valence-corrected chi connectivity index (χ1v) is 8.65. The molecule has 3 rings (SSSR count). The summed E-state index contributed by atoms with van der Waals surface area (Å²) in [6.45, 7) is 2.94. The summed E-state index contributed by atoms with van der Waals surface area (Å²) in [6.07, 6.45) is -4.80. The van der Waals surface area contributed by atoms with Crippen LogP contribution < -0.4 is 10.9 Å². The van der Waals surface area contributed by atoms with Gasteiger partial charge in [-0.1, -0.05) is 0 Å². The molecule has 0 unspecified atom stereocenters. The van der Waals surface area contributed by atoms with Crippen molar-refractivity contribution in [1.82, 2.24) is 15.0 Å². The second-order valence-corrected chi connectivity index (χ2v) is 6.63. The molecular formula is C18H14F3N5O5. The van der Waals surface area contributed by atoms with Crippen molar-refractivity contribution < 1.29 is 28.0 Å². The zero-order chi connectivity index (χ0) is 23.1. The zero-order valence-corrected chi connectivity index (χ0v) is 15.9. The van der Waals surface area contributed by atoms with E-state index < -0.39 is 45.5 Å². The number of anilines is 1. The van der Waals surface area contributed by atoms with Crippen molar-refractivity contribution in [2.24, 2.45) is 0 Å². The van der Waals surface area contributed by atoms with E-state index in [2.05, 4.69) is 20.3 Å². The van der Waals surface area contributed by atoms with Crippen molar-refractivity contribution in [2.75, 3.05) is 5.32 Å². The van der Waals surface area contributed by atoms with Crippen LogP contribution in [0.3, 0.4) is 0 Å². The first-order chi connectivity index (χ1) is 14.4. The minimum Gasteiger partial charge on any atom is -0.477 e. The van der Waals surface area contributed by atoms with Gasteiger partial charge in [0.25, 0.3) is 11.2 Å². The highest BCUT2D eigenvalue weighted by molar-refractivity contribution is 5.95. The van der Waals surface area contributed by atoms with Crippen molar-refractivity contribution in [3.05, 3.63) is 67.2 Å². The molecule has 1 atom stereocenters. The van der Waals surface area contributed by atoms with Crippen molar-refractivity contribution >= 4 is 28.5 Å². The number of rotatable bonds is 5. The van der Waals surface area contributed by atoms with Gasteiger partial charge >= 0.3 is 12.1 Å². The average Bonchev–Trinajstić information content (AvgIpc) is 2.65. The highest BCUT2D eigenvalue weighted by Crippen LogP contribution is 2.35. The molecule has 0 saturated carbocycles. The summed E-state index contributed by atoms with van der Waals surface area (Å²) in [4.78, 5) is 43.8. The van der Waals surface area contributed by atoms with Gasteiger partial charge in [-0.15, -0.1) is 0 Å². The number of aryl methyl sites for hydroxylation is 1. The van der Waals surface area contributed by atoms with Crippen LogP contribution in [0.4, 0.5) is 24.7 Å². The monoisotopic (exact) mass is 437 g/mol. The van der Waals surface area contributed by atoms with Crippen LogP contribution in [-0.4, -0.2) is 31.0 Å². The summed E-state index contributed by atoms with van der Waals surface area (Å²) < 4.78 is 39.5. The lowest BCUT2D eigenvalue weighted by molar-refractivity contribution is -0.385. The van der Waals surface area contributed by atoms with Gasteiger partial charge in [0.1, 0.15) is 22.9 Å². The Morgan fingerprint density at radius 1 is 1.26 bits per heavy atom. The van der Waals surface area contributed by atoms with Gasteiger partial charge in [-0.3, -0.25) is 14.9 Å². The largest absolute Gasteiger partial charge is 0.477 e. The number of aromatic nitrogens is 3. The van der Waals surface area contributed by atoms with E-state index in [0.717, 1.165) is 18.2 Å². The number of nitrogens with one attached hydrogen (secondary N) is 2. The van der Waals surface area contributed by atoms with Gasteiger partial charge in [-0.2, -0.15) is 13.2 Å². The number of carboxylic acids is 1. The van der Waals surface area contributed by atoms with Crippen LogP contribution in [0.25, 0.3) is 11.0 Å². The van der Waals surface area contributed by atoms with E-state index in [4.69, 9.17) is 5.11 Å². The Hall–Kier alpha value is -4.03. The SMILES string of the molecule is Cc1nc(N[C@H](C)c2cc([N+](=O)[O-])cc(C(F)(F)F)c2)c2cc(C(=O)O)c(=O)[nH]c2n1. The van der Waals surface area contributed by atoms with Gasteiger partial charge in [0.2, 0.25) is 0 Å². The van der Waals surface area contributed by atoms with E-state index in [0.29, 0.717) is 6.07 Å². The fourth-order valence-electron chi connectivity index (χ4n) is 2.91. The molecule has 10 nitrogen and oxygen atoms in total. The number of alkyl halides is 3. The molecule has 2 aromatic heterocycles. The number of H-pyrrole nitrogens is 1. The van der Waals surface area contributed by atoms with Crippen LogP contribution in [0.1, 0.15) is 40.3 Å². The smallest absolute Gasteiger partial charge is 0.416 e. The van der Waals surface area contributed by atoms with E-state index in [-0.39, 0.29) is 28.2 Å². The molecule has 31 heavy (non-hydrogen) atoms. The Kier molecular flexibility index (Phi) is 5.36. The van der Waals surface area contributed by atoms with E-state index >= 15 is 0 Å². The van der Waals surface area contributed by atoms with E-state index in [1.54, 1.807) is 0 Å². The van der Waals surface area contributed by atoms with Crippen molar-refractivity contribution in [1.29, 1.82) is 0 Å². The molecule has 0 aliphatic carbocycles. The quantitative estimate of drug-likeness (QED) is 0.406. The topological polar surface area (TPSA) is 151 Å². The standard InChI is InChI=1S/C18H14F3N5O5/c1-7(9-3-10(18(19,20)21)5-11(4-9)26(30)31)22-14-12-6-13(17(28)29)16(27)25-15(12)24-8(2)23-14/h3-7H,1-2H3,(H,28,29)(H2,22,23,24,25,27)/t7-/m1/s1. The maximum Gasteiger partial charge on any atom is 0.416 e. The molecule has 3 aromatic rings. The number of aromatic carboxylic acids is 1. The molecule has 162 valence electrons. The lowest BCUT2D eigenvalue weighted by atomic mass is 10.0. The number of non-ortho nitro benzene ring substituents is 1. The van der Waals surface area contributed by atoms with Crippen molar-refractivity contribution in [3.8, 4) is 0 Å². The number of fused-ring (bicyclic) bond motifs is 1.